The number of rotatable bonds is 13. The fraction of sp³-hybridized carbons (Fsp3) is 0.783. The number of hydrogen-bond donors (Lipinski definition) is 0. The number of esters is 5. The molecule has 3 unspecified atom stereocenters. The van der Waals surface area contributed by atoms with Crippen LogP contribution in [0.3, 0.4) is 0 Å². The highest BCUT2D eigenvalue weighted by Gasteiger charge is 2.48. The van der Waals surface area contributed by atoms with Crippen molar-refractivity contribution < 1.29 is 47.7 Å². The number of carbonyl (C=O) groups excluding carboxylic acids is 5. The molecule has 190 valence electrons. The van der Waals surface area contributed by atoms with Crippen LogP contribution in [0, 0.1) is 5.41 Å². The van der Waals surface area contributed by atoms with E-state index in [0.717, 1.165) is 13.3 Å². The normalized spacial score (nSPS) is 15.0. The quantitative estimate of drug-likeness (QED) is 0.223. The summed E-state index contributed by atoms with van der Waals surface area (Å²) in [4.78, 5) is 61.1. The van der Waals surface area contributed by atoms with Gasteiger partial charge in [-0.1, -0.05) is 13.3 Å². The number of ether oxygens (including phenoxy) is 5. The van der Waals surface area contributed by atoms with Gasteiger partial charge in [0.25, 0.3) is 0 Å². The summed E-state index contributed by atoms with van der Waals surface area (Å²) in [5.41, 5.74) is -3.06. The third-order valence-corrected chi connectivity index (χ3v) is 4.46. The minimum atomic E-state index is -1.86. The standard InChI is InChI=1S/C23H38O10/c1-10-11-12-29-20(27)22(7,8)13-23(9,21(28)30-14(2)3)33-19(26)16(5)32-18(25)15(4)31-17(6)24/h14-16H,10-13H2,1-9H3. The molecule has 0 aliphatic heterocycles. The second kappa shape index (κ2) is 13.2. The molecule has 0 aliphatic carbocycles. The third-order valence-electron chi connectivity index (χ3n) is 4.46. The Labute approximate surface area is 195 Å². The molecule has 0 saturated carbocycles. The van der Waals surface area contributed by atoms with Gasteiger partial charge in [0.2, 0.25) is 5.60 Å². The zero-order valence-electron chi connectivity index (χ0n) is 21.1. The van der Waals surface area contributed by atoms with Crippen LogP contribution in [0.4, 0.5) is 0 Å². The Kier molecular flexibility index (Phi) is 12.1. The summed E-state index contributed by atoms with van der Waals surface area (Å²) in [6.45, 7) is 13.6. The van der Waals surface area contributed by atoms with Crippen LogP contribution in [0.1, 0.15) is 81.6 Å². The van der Waals surface area contributed by atoms with Crippen molar-refractivity contribution in [3.63, 3.8) is 0 Å². The first-order valence-corrected chi connectivity index (χ1v) is 11.0. The Morgan fingerprint density at radius 1 is 0.788 bits per heavy atom. The Hall–Kier alpha value is -2.65. The van der Waals surface area contributed by atoms with Gasteiger partial charge in [-0.05, 0) is 54.9 Å². The zero-order chi connectivity index (χ0) is 26.0. The number of hydrogen-bond acceptors (Lipinski definition) is 10. The molecule has 10 nitrogen and oxygen atoms in total. The third kappa shape index (κ3) is 10.7. The average Bonchev–Trinajstić information content (AvgIpc) is 2.66. The predicted octanol–water partition coefficient (Wildman–Crippen LogP) is 2.88. The van der Waals surface area contributed by atoms with Crippen LogP contribution < -0.4 is 0 Å². The first kappa shape index (κ1) is 30.4. The molecule has 0 aromatic heterocycles. The fourth-order valence-corrected chi connectivity index (χ4v) is 2.83. The van der Waals surface area contributed by atoms with Crippen molar-refractivity contribution in [3.8, 4) is 0 Å². The van der Waals surface area contributed by atoms with Crippen LogP contribution in [0.2, 0.25) is 0 Å². The van der Waals surface area contributed by atoms with Crippen LogP contribution in [-0.4, -0.2) is 60.4 Å². The van der Waals surface area contributed by atoms with Gasteiger partial charge in [0.15, 0.2) is 12.2 Å². The second-order valence-electron chi connectivity index (χ2n) is 8.99. The van der Waals surface area contributed by atoms with E-state index in [9.17, 15) is 24.0 Å². The lowest BCUT2D eigenvalue weighted by molar-refractivity contribution is -0.197. The van der Waals surface area contributed by atoms with Crippen molar-refractivity contribution in [1.82, 2.24) is 0 Å². The molecule has 0 aliphatic rings. The van der Waals surface area contributed by atoms with E-state index in [0.29, 0.717) is 6.42 Å². The lowest BCUT2D eigenvalue weighted by Crippen LogP contribution is -2.49. The molecule has 0 N–H and O–H groups in total. The van der Waals surface area contributed by atoms with Gasteiger partial charge < -0.3 is 23.7 Å². The molecular weight excluding hydrogens is 436 g/mol. The highest BCUT2D eigenvalue weighted by molar-refractivity contribution is 5.87. The molecule has 0 bridgehead atoms. The SMILES string of the molecule is CCCCOC(=O)C(C)(C)CC(C)(OC(=O)C(C)OC(=O)C(C)OC(C)=O)C(=O)OC(C)C. The molecule has 33 heavy (non-hydrogen) atoms. The summed E-state index contributed by atoms with van der Waals surface area (Å²) in [6, 6.07) is 0. The van der Waals surface area contributed by atoms with Gasteiger partial charge in [0.1, 0.15) is 0 Å². The van der Waals surface area contributed by atoms with Crippen molar-refractivity contribution in [2.24, 2.45) is 5.41 Å². The zero-order valence-corrected chi connectivity index (χ0v) is 21.1. The van der Waals surface area contributed by atoms with Gasteiger partial charge >= 0.3 is 29.8 Å². The van der Waals surface area contributed by atoms with Gasteiger partial charge in [0, 0.05) is 13.3 Å². The van der Waals surface area contributed by atoms with Crippen LogP contribution in [0.25, 0.3) is 0 Å². The van der Waals surface area contributed by atoms with E-state index in [4.69, 9.17) is 23.7 Å². The second-order valence-corrected chi connectivity index (χ2v) is 8.99. The first-order chi connectivity index (χ1) is 15.1. The van der Waals surface area contributed by atoms with E-state index in [-0.39, 0.29) is 13.0 Å². The van der Waals surface area contributed by atoms with Crippen molar-refractivity contribution in [2.45, 2.75) is 105 Å². The van der Waals surface area contributed by atoms with Gasteiger partial charge in [-0.15, -0.1) is 0 Å². The molecular formula is C23H38O10. The molecule has 0 saturated heterocycles. The van der Waals surface area contributed by atoms with E-state index >= 15 is 0 Å². The summed E-state index contributed by atoms with van der Waals surface area (Å²) >= 11 is 0. The minimum Gasteiger partial charge on any atom is -0.465 e. The Morgan fingerprint density at radius 2 is 1.33 bits per heavy atom. The molecule has 0 heterocycles. The van der Waals surface area contributed by atoms with Gasteiger partial charge in [0.05, 0.1) is 18.1 Å². The van der Waals surface area contributed by atoms with Gasteiger partial charge in [-0.3, -0.25) is 9.59 Å². The highest BCUT2D eigenvalue weighted by Crippen LogP contribution is 2.33. The maximum atomic E-state index is 12.8. The van der Waals surface area contributed by atoms with E-state index in [1.165, 1.54) is 20.8 Å². The van der Waals surface area contributed by atoms with Crippen molar-refractivity contribution in [1.29, 1.82) is 0 Å². The van der Waals surface area contributed by atoms with Crippen LogP contribution in [-0.2, 0) is 47.7 Å². The van der Waals surface area contributed by atoms with Crippen LogP contribution in [0.5, 0.6) is 0 Å². The van der Waals surface area contributed by atoms with Crippen LogP contribution in [0.15, 0.2) is 0 Å². The minimum absolute atomic E-state index is 0.229. The van der Waals surface area contributed by atoms with E-state index in [1.807, 2.05) is 6.92 Å². The summed E-state index contributed by atoms with van der Waals surface area (Å²) < 4.78 is 25.7. The molecule has 0 fully saturated rings. The Bertz CT molecular complexity index is 712. The summed E-state index contributed by atoms with van der Waals surface area (Å²) in [5, 5.41) is 0. The maximum Gasteiger partial charge on any atom is 0.350 e. The van der Waals surface area contributed by atoms with Gasteiger partial charge in [-0.2, -0.15) is 0 Å². The molecule has 0 amide bonds. The molecule has 0 radical (unpaired) electrons. The molecule has 3 atom stereocenters. The van der Waals surface area contributed by atoms with E-state index < -0.39 is 59.2 Å². The molecule has 0 aromatic carbocycles. The topological polar surface area (TPSA) is 132 Å². The fourth-order valence-electron chi connectivity index (χ4n) is 2.83. The summed E-state index contributed by atoms with van der Waals surface area (Å²) in [5.74, 6) is -4.08. The predicted molar refractivity (Wildman–Crippen MR) is 117 cm³/mol. The maximum absolute atomic E-state index is 12.8. The molecule has 0 spiro atoms. The number of unbranched alkanes of at least 4 members (excludes halogenated alkanes) is 1. The Balaban J connectivity index is 5.53. The molecule has 0 aromatic rings. The first-order valence-electron chi connectivity index (χ1n) is 11.0. The highest BCUT2D eigenvalue weighted by atomic mass is 16.6. The monoisotopic (exact) mass is 474 g/mol. The smallest absolute Gasteiger partial charge is 0.350 e. The van der Waals surface area contributed by atoms with Gasteiger partial charge in [-0.25, -0.2) is 14.4 Å². The largest absolute Gasteiger partial charge is 0.465 e. The number of carbonyl (C=O) groups is 5. The van der Waals surface area contributed by atoms with E-state index in [1.54, 1.807) is 27.7 Å². The average molecular weight is 475 g/mol. The van der Waals surface area contributed by atoms with Crippen molar-refractivity contribution in [2.75, 3.05) is 6.61 Å². The summed E-state index contributed by atoms with van der Waals surface area (Å²) in [7, 11) is 0. The lowest BCUT2D eigenvalue weighted by Gasteiger charge is -2.35. The van der Waals surface area contributed by atoms with Crippen molar-refractivity contribution in [3.05, 3.63) is 0 Å². The summed E-state index contributed by atoms with van der Waals surface area (Å²) in [6.07, 6.45) is -1.84. The van der Waals surface area contributed by atoms with Crippen molar-refractivity contribution >= 4 is 29.8 Å². The van der Waals surface area contributed by atoms with E-state index in [2.05, 4.69) is 0 Å². The molecule has 0 rings (SSSR count). The van der Waals surface area contributed by atoms with Crippen LogP contribution >= 0.6 is 0 Å². The lowest BCUT2D eigenvalue weighted by atomic mass is 9.80. The Morgan fingerprint density at radius 3 is 1.82 bits per heavy atom. The molecule has 10 heteroatoms.